The Bertz CT molecular complexity index is 195. The van der Waals surface area contributed by atoms with Crippen molar-refractivity contribution in [3.05, 3.63) is 0 Å². The van der Waals surface area contributed by atoms with E-state index in [9.17, 15) is 0 Å². The van der Waals surface area contributed by atoms with Gasteiger partial charge >= 0.3 is 0 Å². The second-order valence-corrected chi connectivity index (χ2v) is 7.82. The van der Waals surface area contributed by atoms with Gasteiger partial charge in [0.25, 0.3) is 0 Å². The predicted molar refractivity (Wildman–Crippen MR) is 79.4 cm³/mol. The lowest BCUT2D eigenvalue weighted by atomic mass is 9.75. The second-order valence-electron chi connectivity index (χ2n) is 7.82. The maximum Gasteiger partial charge on any atom is 0.00966 e. The zero-order chi connectivity index (χ0) is 13.7. The molecule has 2 unspecified atom stereocenters. The molecule has 0 spiro atoms. The van der Waals surface area contributed by atoms with Crippen molar-refractivity contribution in [3.8, 4) is 0 Å². The summed E-state index contributed by atoms with van der Waals surface area (Å²) in [6.45, 7) is 19.7. The van der Waals surface area contributed by atoms with Gasteiger partial charge in [-0.2, -0.15) is 0 Å². The van der Waals surface area contributed by atoms with Gasteiger partial charge in [0.2, 0.25) is 0 Å². The maximum absolute atomic E-state index is 3.68. The highest BCUT2D eigenvalue weighted by atomic mass is 14.9. The highest BCUT2D eigenvalue weighted by Crippen LogP contribution is 2.32. The van der Waals surface area contributed by atoms with Crippen molar-refractivity contribution in [1.82, 2.24) is 5.32 Å². The Labute approximate surface area is 110 Å². The van der Waals surface area contributed by atoms with Gasteiger partial charge in [0.05, 0.1) is 0 Å². The molecule has 0 amide bonds. The highest BCUT2D eigenvalue weighted by Gasteiger charge is 2.27. The Kier molecular flexibility index (Phi) is 6.76. The Morgan fingerprint density at radius 1 is 1.00 bits per heavy atom. The number of nitrogens with one attached hydrogen (secondary N) is 1. The summed E-state index contributed by atoms with van der Waals surface area (Å²) in [5, 5.41) is 3.68. The molecule has 0 radical (unpaired) electrons. The van der Waals surface area contributed by atoms with Crippen molar-refractivity contribution in [2.45, 2.75) is 80.2 Å². The molecule has 0 saturated carbocycles. The molecule has 0 aliphatic carbocycles. The molecule has 0 heterocycles. The molecule has 2 atom stereocenters. The smallest absolute Gasteiger partial charge is 0.00966 e. The first-order valence-electron chi connectivity index (χ1n) is 7.31. The van der Waals surface area contributed by atoms with E-state index in [1.807, 2.05) is 0 Å². The second kappa shape index (κ2) is 6.78. The fourth-order valence-electron chi connectivity index (χ4n) is 2.27. The van der Waals surface area contributed by atoms with Crippen LogP contribution in [0, 0.1) is 17.3 Å². The fraction of sp³-hybridized carbons (Fsp3) is 1.00. The van der Waals surface area contributed by atoms with Crippen LogP contribution in [0.2, 0.25) is 0 Å². The third-order valence-corrected chi connectivity index (χ3v) is 3.57. The molecule has 0 aliphatic rings. The lowest BCUT2D eigenvalue weighted by Gasteiger charge is -2.35. The van der Waals surface area contributed by atoms with Crippen LogP contribution in [0.15, 0.2) is 0 Å². The van der Waals surface area contributed by atoms with Crippen LogP contribution in [0.25, 0.3) is 0 Å². The van der Waals surface area contributed by atoms with Gasteiger partial charge in [0.15, 0.2) is 0 Å². The van der Waals surface area contributed by atoms with Crippen molar-refractivity contribution >= 4 is 0 Å². The standard InChI is InChI=1S/C16H35N/c1-9-10-13(2)11-14(15(3,4)5)12-17-16(6,7)8/h13-14,17H,9-12H2,1-8H3. The topological polar surface area (TPSA) is 12.0 Å². The van der Waals surface area contributed by atoms with E-state index >= 15 is 0 Å². The minimum absolute atomic E-state index is 0.234. The quantitative estimate of drug-likeness (QED) is 0.700. The summed E-state index contributed by atoms with van der Waals surface area (Å²) in [6, 6.07) is 0. The molecule has 0 aromatic carbocycles. The summed E-state index contributed by atoms with van der Waals surface area (Å²) >= 11 is 0. The van der Waals surface area contributed by atoms with E-state index in [1.54, 1.807) is 0 Å². The molecule has 1 heteroatoms. The molecular formula is C16H35N. The zero-order valence-corrected chi connectivity index (χ0v) is 13.5. The Morgan fingerprint density at radius 3 is 1.88 bits per heavy atom. The Hall–Kier alpha value is -0.0400. The molecule has 104 valence electrons. The lowest BCUT2D eigenvalue weighted by Crippen LogP contribution is -2.42. The average Bonchev–Trinajstić information content (AvgIpc) is 2.09. The van der Waals surface area contributed by atoms with Gasteiger partial charge in [0.1, 0.15) is 0 Å². The van der Waals surface area contributed by atoms with Crippen LogP contribution in [0.5, 0.6) is 0 Å². The molecule has 0 aliphatic heterocycles. The van der Waals surface area contributed by atoms with E-state index in [-0.39, 0.29) is 5.54 Å². The maximum atomic E-state index is 3.68. The minimum Gasteiger partial charge on any atom is -0.312 e. The lowest BCUT2D eigenvalue weighted by molar-refractivity contribution is 0.178. The SMILES string of the molecule is CCCC(C)CC(CNC(C)(C)C)C(C)(C)C. The van der Waals surface area contributed by atoms with Crippen molar-refractivity contribution in [3.63, 3.8) is 0 Å². The average molecular weight is 241 g/mol. The number of hydrogen-bond donors (Lipinski definition) is 1. The molecule has 0 aromatic rings. The van der Waals surface area contributed by atoms with E-state index in [0.29, 0.717) is 5.41 Å². The molecule has 17 heavy (non-hydrogen) atoms. The van der Waals surface area contributed by atoms with Crippen molar-refractivity contribution in [2.75, 3.05) is 6.54 Å². The number of hydrogen-bond acceptors (Lipinski definition) is 1. The summed E-state index contributed by atoms with van der Waals surface area (Å²) in [4.78, 5) is 0. The van der Waals surface area contributed by atoms with Gasteiger partial charge in [-0.05, 0) is 51.0 Å². The van der Waals surface area contributed by atoms with E-state index in [4.69, 9.17) is 0 Å². The van der Waals surface area contributed by atoms with Crippen molar-refractivity contribution < 1.29 is 0 Å². The molecule has 1 nitrogen and oxygen atoms in total. The normalized spacial score (nSPS) is 16.9. The Morgan fingerprint density at radius 2 is 1.53 bits per heavy atom. The fourth-order valence-corrected chi connectivity index (χ4v) is 2.27. The van der Waals surface area contributed by atoms with Gasteiger partial charge in [0, 0.05) is 5.54 Å². The molecule has 0 bridgehead atoms. The first kappa shape index (κ1) is 17.0. The summed E-state index contributed by atoms with van der Waals surface area (Å²) in [7, 11) is 0. The molecule has 1 N–H and O–H groups in total. The van der Waals surface area contributed by atoms with E-state index in [2.05, 4.69) is 60.7 Å². The van der Waals surface area contributed by atoms with E-state index < -0.39 is 0 Å². The molecule has 0 aromatic heterocycles. The van der Waals surface area contributed by atoms with Crippen molar-refractivity contribution in [1.29, 1.82) is 0 Å². The van der Waals surface area contributed by atoms with Gasteiger partial charge in [-0.1, -0.05) is 47.5 Å². The van der Waals surface area contributed by atoms with Gasteiger partial charge < -0.3 is 5.32 Å². The van der Waals surface area contributed by atoms with Crippen LogP contribution in [0.4, 0.5) is 0 Å². The van der Waals surface area contributed by atoms with E-state index in [0.717, 1.165) is 18.4 Å². The summed E-state index contributed by atoms with van der Waals surface area (Å²) in [5.41, 5.74) is 0.637. The third-order valence-electron chi connectivity index (χ3n) is 3.57. The van der Waals surface area contributed by atoms with Crippen LogP contribution < -0.4 is 5.32 Å². The van der Waals surface area contributed by atoms with Crippen LogP contribution in [-0.2, 0) is 0 Å². The Balaban J connectivity index is 4.35. The first-order chi connectivity index (χ1) is 7.56. The summed E-state index contributed by atoms with van der Waals surface area (Å²) in [6.07, 6.45) is 4.02. The van der Waals surface area contributed by atoms with Crippen LogP contribution in [-0.4, -0.2) is 12.1 Å². The van der Waals surface area contributed by atoms with Gasteiger partial charge in [-0.25, -0.2) is 0 Å². The summed E-state index contributed by atoms with van der Waals surface area (Å²) in [5.74, 6) is 1.62. The minimum atomic E-state index is 0.234. The zero-order valence-electron chi connectivity index (χ0n) is 13.5. The summed E-state index contributed by atoms with van der Waals surface area (Å²) < 4.78 is 0. The van der Waals surface area contributed by atoms with Crippen LogP contribution in [0.3, 0.4) is 0 Å². The predicted octanol–water partition coefficient (Wildman–Crippen LogP) is 4.86. The van der Waals surface area contributed by atoms with Gasteiger partial charge in [-0.15, -0.1) is 0 Å². The van der Waals surface area contributed by atoms with Crippen LogP contribution >= 0.6 is 0 Å². The molecular weight excluding hydrogens is 206 g/mol. The van der Waals surface area contributed by atoms with Crippen LogP contribution in [0.1, 0.15) is 74.7 Å². The first-order valence-corrected chi connectivity index (χ1v) is 7.31. The molecule has 0 rings (SSSR count). The van der Waals surface area contributed by atoms with Crippen molar-refractivity contribution in [2.24, 2.45) is 17.3 Å². The highest BCUT2D eigenvalue weighted by molar-refractivity contribution is 4.81. The largest absolute Gasteiger partial charge is 0.312 e. The number of rotatable bonds is 6. The van der Waals surface area contributed by atoms with E-state index in [1.165, 1.54) is 19.3 Å². The molecule has 0 fully saturated rings. The third kappa shape index (κ3) is 8.65. The molecule has 0 saturated heterocycles. The van der Waals surface area contributed by atoms with Gasteiger partial charge in [-0.3, -0.25) is 0 Å². The monoisotopic (exact) mass is 241 g/mol.